The highest BCUT2D eigenvalue weighted by Gasteiger charge is 2.19. The van der Waals surface area contributed by atoms with Crippen LogP contribution in [0.1, 0.15) is 252 Å². The zero-order chi connectivity index (χ0) is 45.8. The van der Waals surface area contributed by atoms with Gasteiger partial charge in [0.05, 0.1) is 0 Å². The number of allylic oxidation sites excluding steroid dienone is 12. The first-order valence-electron chi connectivity index (χ1n) is 26.4. The number of esters is 3. The van der Waals surface area contributed by atoms with Crippen molar-refractivity contribution in [1.82, 2.24) is 0 Å². The summed E-state index contributed by atoms with van der Waals surface area (Å²) < 4.78 is 16.8. The molecule has 0 aliphatic carbocycles. The van der Waals surface area contributed by atoms with E-state index in [1.165, 1.54) is 89.9 Å². The predicted molar refractivity (Wildman–Crippen MR) is 270 cm³/mol. The third-order valence-corrected chi connectivity index (χ3v) is 11.2. The van der Waals surface area contributed by atoms with Gasteiger partial charge in [-0.1, -0.05) is 222 Å². The average Bonchev–Trinajstić information content (AvgIpc) is 3.28. The Morgan fingerprint density at radius 2 is 0.651 bits per heavy atom. The summed E-state index contributed by atoms with van der Waals surface area (Å²) in [5.74, 6) is -0.909. The lowest BCUT2D eigenvalue weighted by Gasteiger charge is -2.18. The summed E-state index contributed by atoms with van der Waals surface area (Å²) in [6, 6.07) is 0. The van der Waals surface area contributed by atoms with Crippen molar-refractivity contribution in [2.24, 2.45) is 0 Å². The Balaban J connectivity index is 4.39. The van der Waals surface area contributed by atoms with Crippen molar-refractivity contribution < 1.29 is 28.6 Å². The van der Waals surface area contributed by atoms with Gasteiger partial charge in [-0.3, -0.25) is 14.4 Å². The van der Waals surface area contributed by atoms with Crippen LogP contribution in [0.5, 0.6) is 0 Å². The molecule has 1 atom stereocenters. The van der Waals surface area contributed by atoms with Gasteiger partial charge < -0.3 is 14.2 Å². The van der Waals surface area contributed by atoms with E-state index >= 15 is 0 Å². The van der Waals surface area contributed by atoms with Gasteiger partial charge in [0.25, 0.3) is 0 Å². The number of carbonyl (C=O) groups is 3. The summed E-state index contributed by atoms with van der Waals surface area (Å²) >= 11 is 0. The molecule has 0 rings (SSSR count). The van der Waals surface area contributed by atoms with E-state index in [0.717, 1.165) is 122 Å². The van der Waals surface area contributed by atoms with Crippen molar-refractivity contribution in [2.75, 3.05) is 13.2 Å². The SMILES string of the molecule is CC/C=C\C/C=C\C/C=C\C/C=C\CCCCCCCCC(=O)OCC(COC(=O)CCCCCCCCCCCCCCC)OC(=O)CCCCCCC/C=C\C/C=C\CCC. The van der Waals surface area contributed by atoms with Crippen LogP contribution in [0.25, 0.3) is 0 Å². The molecule has 0 spiro atoms. The fraction of sp³-hybridized carbons (Fsp3) is 0.737. The van der Waals surface area contributed by atoms with Crippen LogP contribution in [0.15, 0.2) is 72.9 Å². The van der Waals surface area contributed by atoms with Crippen LogP contribution < -0.4 is 0 Å². The van der Waals surface area contributed by atoms with Crippen molar-refractivity contribution in [3.8, 4) is 0 Å². The molecule has 0 aromatic heterocycles. The van der Waals surface area contributed by atoms with E-state index in [0.29, 0.717) is 19.3 Å². The Kier molecular flexibility index (Phi) is 48.9. The second-order valence-corrected chi connectivity index (χ2v) is 17.4. The van der Waals surface area contributed by atoms with Crippen molar-refractivity contribution in [3.63, 3.8) is 0 Å². The number of ether oxygens (including phenoxy) is 3. The van der Waals surface area contributed by atoms with Crippen molar-refractivity contribution in [2.45, 2.75) is 258 Å². The fourth-order valence-corrected chi connectivity index (χ4v) is 7.24. The molecule has 0 saturated carbocycles. The molecule has 0 radical (unpaired) electrons. The molecule has 0 saturated heterocycles. The summed E-state index contributed by atoms with van der Waals surface area (Å²) in [5.41, 5.74) is 0. The molecule has 0 aliphatic heterocycles. The Morgan fingerprint density at radius 3 is 1.03 bits per heavy atom. The predicted octanol–water partition coefficient (Wildman–Crippen LogP) is 17.4. The highest BCUT2D eigenvalue weighted by Crippen LogP contribution is 2.15. The maximum Gasteiger partial charge on any atom is 0.306 e. The minimum Gasteiger partial charge on any atom is -0.462 e. The van der Waals surface area contributed by atoms with Gasteiger partial charge in [-0.05, 0) is 83.5 Å². The standard InChI is InChI=1S/C57H98O6/c1-4-7-10-13-16-19-22-25-26-27-28-29-30-33-35-38-41-44-47-50-56(59)62-53-54(63-57(60)51-48-45-42-39-36-32-24-21-18-15-12-9-6-3)52-61-55(58)49-46-43-40-37-34-31-23-20-17-14-11-8-5-2/h7,10,12,15-16,19,21,24-26,28-29,54H,4-6,8-9,11,13-14,17-18,20,22-23,27,30-53H2,1-3H3/b10-7-,15-12-,19-16-,24-21-,26-25-,29-28-. The monoisotopic (exact) mass is 879 g/mol. The van der Waals surface area contributed by atoms with Crippen LogP contribution in [0.4, 0.5) is 0 Å². The number of hydrogen-bond acceptors (Lipinski definition) is 6. The van der Waals surface area contributed by atoms with Gasteiger partial charge in [-0.2, -0.15) is 0 Å². The van der Waals surface area contributed by atoms with Crippen LogP contribution in [0.3, 0.4) is 0 Å². The molecular formula is C57H98O6. The lowest BCUT2D eigenvalue weighted by molar-refractivity contribution is -0.167. The number of unbranched alkanes of at least 4 members (excludes halogenated alkanes) is 24. The molecule has 0 heterocycles. The molecule has 0 aromatic rings. The first kappa shape index (κ1) is 59.9. The molecular weight excluding hydrogens is 781 g/mol. The zero-order valence-electron chi connectivity index (χ0n) is 41.3. The molecule has 0 fully saturated rings. The molecule has 0 amide bonds. The van der Waals surface area contributed by atoms with E-state index < -0.39 is 6.10 Å². The maximum absolute atomic E-state index is 12.8. The summed E-state index contributed by atoms with van der Waals surface area (Å²) in [6.07, 6.45) is 64.5. The molecule has 0 aromatic carbocycles. The second-order valence-electron chi connectivity index (χ2n) is 17.4. The van der Waals surface area contributed by atoms with Crippen LogP contribution in [0, 0.1) is 0 Å². The Hall–Kier alpha value is -3.15. The lowest BCUT2D eigenvalue weighted by Crippen LogP contribution is -2.30. The average molecular weight is 879 g/mol. The van der Waals surface area contributed by atoms with E-state index in [9.17, 15) is 14.4 Å². The van der Waals surface area contributed by atoms with Crippen LogP contribution in [0.2, 0.25) is 0 Å². The topological polar surface area (TPSA) is 78.9 Å². The molecule has 0 aliphatic rings. The molecule has 6 heteroatoms. The summed E-state index contributed by atoms with van der Waals surface area (Å²) in [7, 11) is 0. The zero-order valence-corrected chi connectivity index (χ0v) is 41.3. The van der Waals surface area contributed by atoms with Gasteiger partial charge in [-0.25, -0.2) is 0 Å². The lowest BCUT2D eigenvalue weighted by atomic mass is 10.0. The first-order chi connectivity index (χ1) is 31.0. The van der Waals surface area contributed by atoms with Gasteiger partial charge in [-0.15, -0.1) is 0 Å². The van der Waals surface area contributed by atoms with Crippen molar-refractivity contribution in [1.29, 1.82) is 0 Å². The van der Waals surface area contributed by atoms with E-state index in [-0.39, 0.29) is 31.1 Å². The van der Waals surface area contributed by atoms with Gasteiger partial charge in [0.2, 0.25) is 0 Å². The van der Waals surface area contributed by atoms with Gasteiger partial charge in [0, 0.05) is 19.3 Å². The van der Waals surface area contributed by atoms with Crippen LogP contribution in [-0.4, -0.2) is 37.2 Å². The van der Waals surface area contributed by atoms with E-state index in [1.54, 1.807) is 0 Å². The highest BCUT2D eigenvalue weighted by molar-refractivity contribution is 5.71. The minimum absolute atomic E-state index is 0.0842. The summed E-state index contributed by atoms with van der Waals surface area (Å²) in [6.45, 7) is 6.44. The third kappa shape index (κ3) is 49.7. The van der Waals surface area contributed by atoms with Crippen LogP contribution in [-0.2, 0) is 28.6 Å². The van der Waals surface area contributed by atoms with E-state index in [2.05, 4.69) is 93.7 Å². The summed E-state index contributed by atoms with van der Waals surface area (Å²) in [5, 5.41) is 0. The normalized spacial score (nSPS) is 12.6. The second kappa shape index (κ2) is 51.5. The molecule has 362 valence electrons. The largest absolute Gasteiger partial charge is 0.462 e. The molecule has 1 unspecified atom stereocenters. The van der Waals surface area contributed by atoms with Crippen molar-refractivity contribution in [3.05, 3.63) is 72.9 Å². The smallest absolute Gasteiger partial charge is 0.306 e. The molecule has 6 nitrogen and oxygen atoms in total. The highest BCUT2D eigenvalue weighted by atomic mass is 16.6. The molecule has 0 N–H and O–H groups in total. The van der Waals surface area contributed by atoms with E-state index in [4.69, 9.17) is 14.2 Å². The molecule has 63 heavy (non-hydrogen) atoms. The first-order valence-corrected chi connectivity index (χ1v) is 26.4. The molecule has 0 bridgehead atoms. The number of hydrogen-bond donors (Lipinski definition) is 0. The summed E-state index contributed by atoms with van der Waals surface area (Å²) in [4.78, 5) is 38.0. The Morgan fingerprint density at radius 1 is 0.333 bits per heavy atom. The van der Waals surface area contributed by atoms with Gasteiger partial charge >= 0.3 is 17.9 Å². The number of carbonyl (C=O) groups excluding carboxylic acids is 3. The van der Waals surface area contributed by atoms with Gasteiger partial charge in [0.15, 0.2) is 6.10 Å². The maximum atomic E-state index is 12.8. The Labute approximate surface area is 389 Å². The minimum atomic E-state index is -0.786. The van der Waals surface area contributed by atoms with Gasteiger partial charge in [0.1, 0.15) is 13.2 Å². The van der Waals surface area contributed by atoms with Crippen molar-refractivity contribution >= 4 is 17.9 Å². The van der Waals surface area contributed by atoms with E-state index in [1.807, 2.05) is 0 Å². The quantitative estimate of drug-likeness (QED) is 0.0262. The Bertz CT molecular complexity index is 1190. The third-order valence-electron chi connectivity index (χ3n) is 11.2. The van der Waals surface area contributed by atoms with Crippen LogP contribution >= 0.6 is 0 Å². The number of rotatable bonds is 47. The fourth-order valence-electron chi connectivity index (χ4n) is 7.24.